The molecule has 0 saturated heterocycles. The second-order valence-electron chi connectivity index (χ2n) is 5.52. The number of aromatic amines is 1. The largest absolute Gasteiger partial charge is 0.467 e. The van der Waals surface area contributed by atoms with Crippen molar-refractivity contribution >= 4 is 5.91 Å². The summed E-state index contributed by atoms with van der Waals surface area (Å²) < 4.78 is 5.15. The van der Waals surface area contributed by atoms with Gasteiger partial charge in [-0.3, -0.25) is 9.89 Å². The molecule has 6 nitrogen and oxygen atoms in total. The SMILES string of the molecule is CC(CC(O)c1ccco1)NC(=O)c1n[nH]c2c1CCC2. The first-order valence-corrected chi connectivity index (χ1v) is 7.23. The molecule has 0 aliphatic heterocycles. The minimum absolute atomic E-state index is 0.175. The molecule has 6 heteroatoms. The summed E-state index contributed by atoms with van der Waals surface area (Å²) >= 11 is 0. The molecular formula is C15H19N3O3. The van der Waals surface area contributed by atoms with E-state index in [2.05, 4.69) is 15.5 Å². The number of H-pyrrole nitrogens is 1. The van der Waals surface area contributed by atoms with Crippen molar-refractivity contribution in [3.63, 3.8) is 0 Å². The number of aryl methyl sites for hydroxylation is 1. The Morgan fingerprint density at radius 1 is 1.57 bits per heavy atom. The maximum atomic E-state index is 12.2. The highest BCUT2D eigenvalue weighted by Crippen LogP contribution is 2.23. The molecule has 1 amide bonds. The Hall–Kier alpha value is -2.08. The van der Waals surface area contributed by atoms with Gasteiger partial charge >= 0.3 is 0 Å². The lowest BCUT2D eigenvalue weighted by Gasteiger charge is -2.16. The summed E-state index contributed by atoms with van der Waals surface area (Å²) in [7, 11) is 0. The van der Waals surface area contributed by atoms with E-state index < -0.39 is 6.10 Å². The number of aliphatic hydroxyl groups is 1. The zero-order chi connectivity index (χ0) is 14.8. The molecule has 0 aromatic carbocycles. The number of aliphatic hydroxyl groups excluding tert-OH is 1. The fourth-order valence-corrected chi connectivity index (χ4v) is 2.79. The minimum Gasteiger partial charge on any atom is -0.467 e. The van der Waals surface area contributed by atoms with E-state index in [1.807, 2.05) is 6.92 Å². The summed E-state index contributed by atoms with van der Waals surface area (Å²) in [6, 6.07) is 3.28. The predicted octanol–water partition coefficient (Wildman–Crippen LogP) is 1.73. The zero-order valence-electron chi connectivity index (χ0n) is 11.9. The third kappa shape index (κ3) is 2.85. The number of amides is 1. The number of nitrogens with zero attached hydrogens (tertiary/aromatic N) is 1. The number of aromatic nitrogens is 2. The van der Waals surface area contributed by atoms with Crippen molar-refractivity contribution in [2.24, 2.45) is 0 Å². The number of carbonyl (C=O) groups excluding carboxylic acids is 1. The van der Waals surface area contributed by atoms with Crippen molar-refractivity contribution in [2.45, 2.75) is 44.8 Å². The monoisotopic (exact) mass is 289 g/mol. The normalized spacial score (nSPS) is 16.5. The lowest BCUT2D eigenvalue weighted by molar-refractivity contribution is 0.0897. The second kappa shape index (κ2) is 5.73. The first-order chi connectivity index (χ1) is 10.1. The molecule has 21 heavy (non-hydrogen) atoms. The molecule has 0 bridgehead atoms. The Bertz CT molecular complexity index is 618. The standard InChI is InChI=1S/C15H19N3O3/c1-9(8-12(19)13-6-3-7-21-13)16-15(20)14-10-4-2-5-11(10)17-18-14/h3,6-7,9,12,19H,2,4-5,8H2,1H3,(H,16,20)(H,17,18). The fraction of sp³-hybridized carbons (Fsp3) is 0.467. The summed E-state index contributed by atoms with van der Waals surface area (Å²) in [4.78, 5) is 12.2. The molecule has 112 valence electrons. The van der Waals surface area contributed by atoms with Crippen molar-refractivity contribution in [1.29, 1.82) is 0 Å². The highest BCUT2D eigenvalue weighted by Gasteiger charge is 2.24. The van der Waals surface area contributed by atoms with Gasteiger partial charge in [-0.2, -0.15) is 5.10 Å². The van der Waals surface area contributed by atoms with Gasteiger partial charge in [-0.1, -0.05) is 0 Å². The van der Waals surface area contributed by atoms with Crippen LogP contribution in [0.5, 0.6) is 0 Å². The van der Waals surface area contributed by atoms with Crippen LogP contribution in [0.2, 0.25) is 0 Å². The molecule has 2 atom stereocenters. The molecular weight excluding hydrogens is 270 g/mol. The Labute approximate surface area is 122 Å². The van der Waals surface area contributed by atoms with Crippen molar-refractivity contribution in [3.8, 4) is 0 Å². The van der Waals surface area contributed by atoms with E-state index in [9.17, 15) is 9.90 Å². The lowest BCUT2D eigenvalue weighted by Crippen LogP contribution is -2.34. The quantitative estimate of drug-likeness (QED) is 0.781. The molecule has 1 aliphatic carbocycles. The number of hydrogen-bond donors (Lipinski definition) is 3. The summed E-state index contributed by atoms with van der Waals surface area (Å²) in [6.45, 7) is 1.86. The Morgan fingerprint density at radius 2 is 2.43 bits per heavy atom. The Morgan fingerprint density at radius 3 is 3.19 bits per heavy atom. The van der Waals surface area contributed by atoms with E-state index >= 15 is 0 Å². The van der Waals surface area contributed by atoms with E-state index in [0.29, 0.717) is 17.9 Å². The lowest BCUT2D eigenvalue weighted by atomic mass is 10.1. The van der Waals surface area contributed by atoms with Crippen LogP contribution >= 0.6 is 0 Å². The van der Waals surface area contributed by atoms with Crippen LogP contribution in [-0.2, 0) is 12.8 Å². The number of fused-ring (bicyclic) bond motifs is 1. The molecule has 2 aromatic rings. The van der Waals surface area contributed by atoms with E-state index in [0.717, 1.165) is 30.5 Å². The van der Waals surface area contributed by atoms with Crippen LogP contribution in [0.4, 0.5) is 0 Å². The van der Waals surface area contributed by atoms with Gasteiger partial charge in [0.05, 0.1) is 6.26 Å². The van der Waals surface area contributed by atoms with Crippen LogP contribution in [0, 0.1) is 0 Å². The average molecular weight is 289 g/mol. The van der Waals surface area contributed by atoms with Gasteiger partial charge in [-0.25, -0.2) is 0 Å². The Kier molecular flexibility index (Phi) is 3.79. The van der Waals surface area contributed by atoms with Gasteiger partial charge in [0, 0.05) is 23.7 Å². The summed E-state index contributed by atoms with van der Waals surface area (Å²) in [5.74, 6) is 0.324. The molecule has 0 radical (unpaired) electrons. The van der Waals surface area contributed by atoms with Crippen LogP contribution in [0.15, 0.2) is 22.8 Å². The number of nitrogens with one attached hydrogen (secondary N) is 2. The number of rotatable bonds is 5. The van der Waals surface area contributed by atoms with Crippen LogP contribution < -0.4 is 5.32 Å². The molecule has 0 fully saturated rings. The van der Waals surface area contributed by atoms with E-state index in [-0.39, 0.29) is 11.9 Å². The highest BCUT2D eigenvalue weighted by atomic mass is 16.4. The molecule has 0 spiro atoms. The molecule has 0 saturated carbocycles. The van der Waals surface area contributed by atoms with E-state index in [1.165, 1.54) is 6.26 Å². The zero-order valence-corrected chi connectivity index (χ0v) is 11.9. The van der Waals surface area contributed by atoms with Crippen LogP contribution in [0.25, 0.3) is 0 Å². The molecule has 1 aliphatic rings. The molecule has 2 unspecified atom stereocenters. The second-order valence-corrected chi connectivity index (χ2v) is 5.52. The van der Waals surface area contributed by atoms with Crippen molar-refractivity contribution in [3.05, 3.63) is 41.1 Å². The minimum atomic E-state index is -0.722. The molecule has 2 aromatic heterocycles. The topological polar surface area (TPSA) is 91.2 Å². The number of furan rings is 1. The van der Waals surface area contributed by atoms with Gasteiger partial charge in [0.25, 0.3) is 5.91 Å². The van der Waals surface area contributed by atoms with E-state index in [4.69, 9.17) is 4.42 Å². The van der Waals surface area contributed by atoms with Gasteiger partial charge in [-0.05, 0) is 38.3 Å². The first kappa shape index (κ1) is 13.9. The number of carbonyl (C=O) groups is 1. The average Bonchev–Trinajstić information content (AvgIpc) is 3.15. The number of hydrogen-bond acceptors (Lipinski definition) is 4. The fourth-order valence-electron chi connectivity index (χ4n) is 2.79. The third-order valence-electron chi connectivity index (χ3n) is 3.85. The molecule has 3 rings (SSSR count). The molecule has 2 heterocycles. The van der Waals surface area contributed by atoms with Gasteiger partial charge < -0.3 is 14.8 Å². The van der Waals surface area contributed by atoms with Crippen LogP contribution in [0.1, 0.15) is 53.4 Å². The van der Waals surface area contributed by atoms with E-state index in [1.54, 1.807) is 12.1 Å². The van der Waals surface area contributed by atoms with Gasteiger partial charge in [0.1, 0.15) is 11.9 Å². The Balaban J connectivity index is 1.59. The molecule has 3 N–H and O–H groups in total. The van der Waals surface area contributed by atoms with Gasteiger partial charge in [0.15, 0.2) is 5.69 Å². The van der Waals surface area contributed by atoms with Crippen LogP contribution in [-0.4, -0.2) is 27.3 Å². The summed E-state index contributed by atoms with van der Waals surface area (Å²) in [5, 5.41) is 19.9. The highest BCUT2D eigenvalue weighted by molar-refractivity contribution is 5.94. The maximum absolute atomic E-state index is 12.2. The predicted molar refractivity (Wildman–Crippen MR) is 75.8 cm³/mol. The van der Waals surface area contributed by atoms with Crippen molar-refractivity contribution in [2.75, 3.05) is 0 Å². The smallest absolute Gasteiger partial charge is 0.272 e. The van der Waals surface area contributed by atoms with Crippen molar-refractivity contribution < 1.29 is 14.3 Å². The third-order valence-corrected chi connectivity index (χ3v) is 3.85. The summed E-state index contributed by atoms with van der Waals surface area (Å²) in [6.07, 6.45) is 4.12. The van der Waals surface area contributed by atoms with Crippen molar-refractivity contribution in [1.82, 2.24) is 15.5 Å². The van der Waals surface area contributed by atoms with Gasteiger partial charge in [0.2, 0.25) is 0 Å². The first-order valence-electron chi connectivity index (χ1n) is 7.23. The maximum Gasteiger partial charge on any atom is 0.272 e. The van der Waals surface area contributed by atoms with Gasteiger partial charge in [-0.15, -0.1) is 0 Å². The van der Waals surface area contributed by atoms with Crippen LogP contribution in [0.3, 0.4) is 0 Å². The summed E-state index contributed by atoms with van der Waals surface area (Å²) in [5.41, 5.74) is 2.59.